The van der Waals surface area contributed by atoms with Crippen molar-refractivity contribution < 1.29 is 9.59 Å². The van der Waals surface area contributed by atoms with Gasteiger partial charge in [-0.3, -0.25) is 9.59 Å². The van der Waals surface area contributed by atoms with Gasteiger partial charge in [-0.15, -0.1) is 0 Å². The summed E-state index contributed by atoms with van der Waals surface area (Å²) in [5, 5.41) is 3.40. The van der Waals surface area contributed by atoms with Gasteiger partial charge in [-0.2, -0.15) is 0 Å². The first-order valence-electron chi connectivity index (χ1n) is 8.78. The summed E-state index contributed by atoms with van der Waals surface area (Å²) in [6.07, 6.45) is 0. The highest BCUT2D eigenvalue weighted by Crippen LogP contribution is 2.20. The fraction of sp³-hybridized carbons (Fsp3) is 0.136. The Morgan fingerprint density at radius 1 is 1.00 bits per heavy atom. The fourth-order valence-electron chi connectivity index (χ4n) is 2.76. The number of aromatic nitrogens is 1. The highest BCUT2D eigenvalue weighted by Gasteiger charge is 2.16. The number of carbonyl (C=O) groups is 2. The third-order valence-electron chi connectivity index (χ3n) is 4.25. The predicted octanol–water partition coefficient (Wildman–Crippen LogP) is 4.57. The van der Waals surface area contributed by atoms with Gasteiger partial charge >= 0.3 is 0 Å². The molecule has 0 aliphatic rings. The predicted molar refractivity (Wildman–Crippen MR) is 111 cm³/mol. The third-order valence-corrected chi connectivity index (χ3v) is 4.48. The standard InChI is InChI=1S/C22H20ClN3O2/c1-15-13-17(23)11-12-18(15)25-21(27)19-9-6-10-20(24-19)22(28)26(2)14-16-7-4-3-5-8-16/h3-13H,14H2,1-2H3,(H,25,27). The molecular formula is C22H20ClN3O2. The van der Waals surface area contributed by atoms with Crippen molar-refractivity contribution in [1.82, 2.24) is 9.88 Å². The number of benzene rings is 2. The second-order valence-corrected chi connectivity index (χ2v) is 6.90. The molecule has 0 fully saturated rings. The Labute approximate surface area is 169 Å². The first-order valence-corrected chi connectivity index (χ1v) is 9.16. The van der Waals surface area contributed by atoms with Crippen LogP contribution in [0.25, 0.3) is 0 Å². The van der Waals surface area contributed by atoms with Crippen molar-refractivity contribution in [3.8, 4) is 0 Å². The van der Waals surface area contributed by atoms with E-state index < -0.39 is 0 Å². The molecule has 2 amide bonds. The average molecular weight is 394 g/mol. The van der Waals surface area contributed by atoms with Crippen molar-refractivity contribution in [3.63, 3.8) is 0 Å². The van der Waals surface area contributed by atoms with E-state index in [9.17, 15) is 9.59 Å². The summed E-state index contributed by atoms with van der Waals surface area (Å²) in [5.41, 5.74) is 2.91. The van der Waals surface area contributed by atoms with E-state index in [1.54, 1.807) is 48.3 Å². The Kier molecular flexibility index (Phi) is 6.06. The van der Waals surface area contributed by atoms with E-state index in [2.05, 4.69) is 10.3 Å². The van der Waals surface area contributed by atoms with E-state index in [4.69, 9.17) is 11.6 Å². The average Bonchev–Trinajstić information content (AvgIpc) is 2.70. The molecule has 0 aliphatic heterocycles. The minimum Gasteiger partial charge on any atom is -0.336 e. The van der Waals surface area contributed by atoms with Gasteiger partial charge in [0.25, 0.3) is 11.8 Å². The van der Waals surface area contributed by atoms with E-state index >= 15 is 0 Å². The molecule has 142 valence electrons. The number of anilines is 1. The number of pyridine rings is 1. The van der Waals surface area contributed by atoms with Crippen molar-refractivity contribution in [2.45, 2.75) is 13.5 Å². The van der Waals surface area contributed by atoms with Crippen LogP contribution in [0.1, 0.15) is 32.1 Å². The normalized spacial score (nSPS) is 10.4. The molecule has 0 atom stereocenters. The molecule has 1 heterocycles. The smallest absolute Gasteiger partial charge is 0.274 e. The van der Waals surface area contributed by atoms with Gasteiger partial charge in [-0.25, -0.2) is 4.98 Å². The zero-order valence-electron chi connectivity index (χ0n) is 15.6. The SMILES string of the molecule is Cc1cc(Cl)ccc1NC(=O)c1cccc(C(=O)N(C)Cc2ccccc2)n1. The van der Waals surface area contributed by atoms with Crippen molar-refractivity contribution in [2.24, 2.45) is 0 Å². The Morgan fingerprint density at radius 3 is 2.43 bits per heavy atom. The van der Waals surface area contributed by atoms with Gasteiger partial charge in [0.05, 0.1) is 0 Å². The lowest BCUT2D eigenvalue weighted by atomic mass is 10.2. The monoisotopic (exact) mass is 393 g/mol. The highest BCUT2D eigenvalue weighted by atomic mass is 35.5. The fourth-order valence-corrected chi connectivity index (χ4v) is 2.99. The van der Waals surface area contributed by atoms with E-state index in [1.165, 1.54) is 0 Å². The Hall–Kier alpha value is -3.18. The summed E-state index contributed by atoms with van der Waals surface area (Å²) in [4.78, 5) is 31.1. The van der Waals surface area contributed by atoms with Crippen molar-refractivity contribution in [1.29, 1.82) is 0 Å². The number of hydrogen-bond acceptors (Lipinski definition) is 3. The van der Waals surface area contributed by atoms with Crippen LogP contribution in [0.2, 0.25) is 5.02 Å². The van der Waals surface area contributed by atoms with Crippen LogP contribution < -0.4 is 5.32 Å². The highest BCUT2D eigenvalue weighted by molar-refractivity contribution is 6.30. The van der Waals surface area contributed by atoms with Crippen LogP contribution in [-0.2, 0) is 6.54 Å². The Bertz CT molecular complexity index is 1010. The van der Waals surface area contributed by atoms with Gasteiger partial charge < -0.3 is 10.2 Å². The van der Waals surface area contributed by atoms with Crippen LogP contribution in [0.15, 0.2) is 66.7 Å². The molecule has 6 heteroatoms. The number of nitrogens with one attached hydrogen (secondary N) is 1. The summed E-state index contributed by atoms with van der Waals surface area (Å²) < 4.78 is 0. The third kappa shape index (κ3) is 4.75. The van der Waals surface area contributed by atoms with Gasteiger partial charge in [0.15, 0.2) is 0 Å². The quantitative estimate of drug-likeness (QED) is 0.690. The molecule has 0 spiro atoms. The molecular weight excluding hydrogens is 374 g/mol. The van der Waals surface area contributed by atoms with Crippen molar-refractivity contribution in [2.75, 3.05) is 12.4 Å². The summed E-state index contributed by atoms with van der Waals surface area (Å²) >= 11 is 5.95. The largest absolute Gasteiger partial charge is 0.336 e. The second kappa shape index (κ2) is 8.67. The van der Waals surface area contributed by atoms with Crippen LogP contribution >= 0.6 is 11.6 Å². The zero-order valence-corrected chi connectivity index (χ0v) is 16.4. The molecule has 5 nitrogen and oxygen atoms in total. The molecule has 1 aromatic heterocycles. The molecule has 0 unspecified atom stereocenters. The lowest BCUT2D eigenvalue weighted by molar-refractivity contribution is 0.0779. The lowest BCUT2D eigenvalue weighted by Gasteiger charge is -2.17. The summed E-state index contributed by atoms with van der Waals surface area (Å²) in [6, 6.07) is 19.7. The number of rotatable bonds is 5. The summed E-state index contributed by atoms with van der Waals surface area (Å²) in [7, 11) is 1.71. The van der Waals surface area contributed by atoms with E-state index in [-0.39, 0.29) is 23.2 Å². The van der Waals surface area contributed by atoms with Crippen LogP contribution in [0.3, 0.4) is 0 Å². The van der Waals surface area contributed by atoms with Crippen LogP contribution in [0, 0.1) is 6.92 Å². The minimum atomic E-state index is -0.384. The van der Waals surface area contributed by atoms with Gasteiger partial charge in [0.1, 0.15) is 11.4 Å². The summed E-state index contributed by atoms with van der Waals surface area (Å²) in [5.74, 6) is -0.632. The Balaban J connectivity index is 1.73. The molecule has 28 heavy (non-hydrogen) atoms. The second-order valence-electron chi connectivity index (χ2n) is 6.47. The van der Waals surface area contributed by atoms with Crippen LogP contribution in [0.5, 0.6) is 0 Å². The van der Waals surface area contributed by atoms with Crippen molar-refractivity contribution in [3.05, 3.63) is 94.3 Å². The van der Waals surface area contributed by atoms with Crippen molar-refractivity contribution >= 4 is 29.1 Å². The summed E-state index contributed by atoms with van der Waals surface area (Å²) in [6.45, 7) is 2.31. The van der Waals surface area contributed by atoms with Crippen LogP contribution in [0.4, 0.5) is 5.69 Å². The van der Waals surface area contributed by atoms with Gasteiger partial charge in [-0.05, 0) is 48.4 Å². The van der Waals surface area contributed by atoms with E-state index in [0.717, 1.165) is 11.1 Å². The molecule has 0 saturated heterocycles. The molecule has 1 N–H and O–H groups in total. The number of hydrogen-bond donors (Lipinski definition) is 1. The van der Waals surface area contributed by atoms with Gasteiger partial charge in [-0.1, -0.05) is 48.0 Å². The van der Waals surface area contributed by atoms with Gasteiger partial charge in [0, 0.05) is 24.3 Å². The zero-order chi connectivity index (χ0) is 20.1. The number of carbonyl (C=O) groups excluding carboxylic acids is 2. The maximum Gasteiger partial charge on any atom is 0.274 e. The molecule has 0 bridgehead atoms. The first-order chi connectivity index (χ1) is 13.4. The maximum atomic E-state index is 12.7. The van der Waals surface area contributed by atoms with Gasteiger partial charge in [0.2, 0.25) is 0 Å². The molecule has 0 radical (unpaired) electrons. The molecule has 2 aromatic carbocycles. The molecule has 0 saturated carbocycles. The molecule has 0 aliphatic carbocycles. The first kappa shape index (κ1) is 19.6. The number of halogens is 1. The number of aryl methyl sites for hydroxylation is 1. The maximum absolute atomic E-state index is 12.7. The lowest BCUT2D eigenvalue weighted by Crippen LogP contribution is -2.27. The number of nitrogens with zero attached hydrogens (tertiary/aromatic N) is 2. The van der Waals surface area contributed by atoms with Crippen LogP contribution in [-0.4, -0.2) is 28.7 Å². The Morgan fingerprint density at radius 2 is 1.71 bits per heavy atom. The number of amides is 2. The molecule has 3 aromatic rings. The van der Waals surface area contributed by atoms with E-state index in [1.807, 2.05) is 37.3 Å². The molecule has 3 rings (SSSR count). The van der Waals surface area contributed by atoms with E-state index in [0.29, 0.717) is 17.3 Å². The topological polar surface area (TPSA) is 62.3 Å². The minimum absolute atomic E-state index is 0.174.